The van der Waals surface area contributed by atoms with E-state index in [1.165, 1.54) is 77.9 Å². The van der Waals surface area contributed by atoms with Crippen molar-refractivity contribution in [2.45, 2.75) is 24.7 Å². The van der Waals surface area contributed by atoms with Crippen molar-refractivity contribution in [3.63, 3.8) is 0 Å². The summed E-state index contributed by atoms with van der Waals surface area (Å²) in [4.78, 5) is 0. The van der Waals surface area contributed by atoms with Gasteiger partial charge in [0.2, 0.25) is 0 Å². The zero-order valence-electron chi connectivity index (χ0n) is 29.6. The van der Waals surface area contributed by atoms with Gasteiger partial charge in [-0.05, 0) is 91.7 Å². The minimum Gasteiger partial charge on any atom is -0.0622 e. The molecule has 0 amide bonds. The number of aryl methyl sites for hydroxylation is 2. The molecule has 0 fully saturated rings. The Hall–Kier alpha value is -6.24. The first kappa shape index (κ1) is 31.7. The van der Waals surface area contributed by atoms with Crippen LogP contribution in [0.25, 0.3) is 22.3 Å². The molecule has 248 valence electrons. The molecule has 2 aliphatic carbocycles. The Kier molecular flexibility index (Phi) is 7.82. The molecule has 0 aromatic heterocycles. The van der Waals surface area contributed by atoms with Crippen molar-refractivity contribution in [3.8, 4) is 22.3 Å². The molecular weight excluding hydrogens is 625 g/mol. The molecule has 2 aliphatic rings. The molecule has 0 heteroatoms. The summed E-state index contributed by atoms with van der Waals surface area (Å²) in [5.41, 5.74) is 18.4. The van der Waals surface area contributed by atoms with Crippen LogP contribution in [0.1, 0.15) is 55.6 Å². The largest absolute Gasteiger partial charge is 0.0713 e. The third kappa shape index (κ3) is 4.61. The van der Waals surface area contributed by atoms with Crippen molar-refractivity contribution in [1.29, 1.82) is 0 Å². The average molecular weight is 665 g/mol. The van der Waals surface area contributed by atoms with E-state index >= 15 is 0 Å². The zero-order valence-corrected chi connectivity index (χ0v) is 29.6. The molecule has 10 rings (SSSR count). The van der Waals surface area contributed by atoms with Gasteiger partial charge in [-0.3, -0.25) is 0 Å². The summed E-state index contributed by atoms with van der Waals surface area (Å²) in [5, 5.41) is 0. The summed E-state index contributed by atoms with van der Waals surface area (Å²) in [6.07, 6.45) is 0. The molecule has 0 N–H and O–H groups in total. The lowest BCUT2D eigenvalue weighted by Crippen LogP contribution is -2.28. The van der Waals surface area contributed by atoms with Crippen LogP contribution in [0.5, 0.6) is 0 Å². The minimum atomic E-state index is -0.263. The molecule has 8 aromatic rings. The van der Waals surface area contributed by atoms with Gasteiger partial charge >= 0.3 is 0 Å². The van der Waals surface area contributed by atoms with Gasteiger partial charge in [-0.1, -0.05) is 206 Å². The molecule has 0 saturated carbocycles. The smallest absolute Gasteiger partial charge is 0.0622 e. The van der Waals surface area contributed by atoms with E-state index in [1.807, 2.05) is 0 Å². The normalized spacial score (nSPS) is 13.9. The van der Waals surface area contributed by atoms with E-state index in [1.54, 1.807) is 0 Å². The lowest BCUT2D eigenvalue weighted by Gasteiger charge is -2.33. The van der Waals surface area contributed by atoms with Crippen LogP contribution < -0.4 is 0 Å². The lowest BCUT2D eigenvalue weighted by molar-refractivity contribution is 0.768. The Morgan fingerprint density at radius 2 is 0.519 bits per heavy atom. The van der Waals surface area contributed by atoms with Crippen LogP contribution in [0.4, 0.5) is 0 Å². The van der Waals surface area contributed by atoms with Crippen LogP contribution in [0.15, 0.2) is 206 Å². The molecule has 0 unspecified atom stereocenters. The van der Waals surface area contributed by atoms with Crippen LogP contribution in [0.2, 0.25) is 0 Å². The highest BCUT2D eigenvalue weighted by atomic mass is 14.5. The van der Waals surface area contributed by atoms with E-state index in [4.69, 9.17) is 0 Å². The molecule has 0 radical (unpaired) electrons. The molecule has 8 aromatic carbocycles. The lowest BCUT2D eigenvalue weighted by atomic mass is 9.67. The standard InChI is InChI=1S/2C26H20/c2*1-19-11-10-18-24-25(19)22-16-8-9-17-23(22)26(24,20-12-4-2-5-13-20)21-14-6-3-7-15-21/h2*2-18H,1H3. The van der Waals surface area contributed by atoms with Crippen molar-refractivity contribution in [2.24, 2.45) is 0 Å². The number of hydrogen-bond donors (Lipinski definition) is 0. The van der Waals surface area contributed by atoms with Crippen molar-refractivity contribution >= 4 is 0 Å². The Balaban J connectivity index is 0.000000138. The SMILES string of the molecule is Cc1cccc2c1-c1ccccc1C2(c1ccccc1)c1ccccc1.Cc1cccc2c1-c1ccccc1C2(c1ccccc1)c1ccccc1. The molecule has 0 nitrogen and oxygen atoms in total. The van der Waals surface area contributed by atoms with Gasteiger partial charge in [0.15, 0.2) is 0 Å². The predicted octanol–water partition coefficient (Wildman–Crippen LogP) is 12.7. The Morgan fingerprint density at radius 1 is 0.250 bits per heavy atom. The third-order valence-electron chi connectivity index (χ3n) is 11.4. The monoisotopic (exact) mass is 664 g/mol. The highest BCUT2D eigenvalue weighted by Crippen LogP contribution is 2.58. The Morgan fingerprint density at radius 3 is 0.846 bits per heavy atom. The molecule has 0 heterocycles. The molecule has 0 saturated heterocycles. The van der Waals surface area contributed by atoms with Gasteiger partial charge in [0.05, 0.1) is 10.8 Å². The van der Waals surface area contributed by atoms with Crippen LogP contribution in [0.3, 0.4) is 0 Å². The summed E-state index contributed by atoms with van der Waals surface area (Å²) in [6.45, 7) is 4.45. The van der Waals surface area contributed by atoms with E-state index < -0.39 is 0 Å². The van der Waals surface area contributed by atoms with E-state index in [2.05, 4.69) is 220 Å². The summed E-state index contributed by atoms with van der Waals surface area (Å²) in [6, 6.07) is 74.9. The minimum absolute atomic E-state index is 0.263. The van der Waals surface area contributed by atoms with Crippen molar-refractivity contribution in [3.05, 3.63) is 262 Å². The van der Waals surface area contributed by atoms with Crippen molar-refractivity contribution in [2.75, 3.05) is 0 Å². The molecule has 0 bridgehead atoms. The second kappa shape index (κ2) is 12.8. The molecule has 0 spiro atoms. The fourth-order valence-electron chi connectivity index (χ4n) is 9.35. The first-order valence-corrected chi connectivity index (χ1v) is 18.3. The van der Waals surface area contributed by atoms with Gasteiger partial charge < -0.3 is 0 Å². The molecule has 0 atom stereocenters. The Labute approximate surface area is 307 Å². The van der Waals surface area contributed by atoms with E-state index in [0.29, 0.717) is 0 Å². The van der Waals surface area contributed by atoms with Crippen molar-refractivity contribution in [1.82, 2.24) is 0 Å². The summed E-state index contributed by atoms with van der Waals surface area (Å²) in [5.74, 6) is 0. The van der Waals surface area contributed by atoms with Crippen LogP contribution in [0, 0.1) is 13.8 Å². The van der Waals surface area contributed by atoms with Gasteiger partial charge in [-0.2, -0.15) is 0 Å². The number of fused-ring (bicyclic) bond motifs is 6. The Bertz CT molecular complexity index is 2250. The second-order valence-corrected chi connectivity index (χ2v) is 14.1. The summed E-state index contributed by atoms with van der Waals surface area (Å²) in [7, 11) is 0. The second-order valence-electron chi connectivity index (χ2n) is 14.1. The van der Waals surface area contributed by atoms with Gasteiger partial charge in [-0.15, -0.1) is 0 Å². The van der Waals surface area contributed by atoms with Crippen LogP contribution in [-0.2, 0) is 10.8 Å². The molecule has 52 heavy (non-hydrogen) atoms. The first-order chi connectivity index (χ1) is 25.7. The van der Waals surface area contributed by atoms with E-state index in [0.717, 1.165) is 0 Å². The molecular formula is C52H40. The first-order valence-electron chi connectivity index (χ1n) is 18.3. The fourth-order valence-corrected chi connectivity index (χ4v) is 9.35. The van der Waals surface area contributed by atoms with Crippen LogP contribution in [-0.4, -0.2) is 0 Å². The topological polar surface area (TPSA) is 0 Å². The average Bonchev–Trinajstić information content (AvgIpc) is 3.70. The number of benzene rings is 8. The van der Waals surface area contributed by atoms with Crippen LogP contribution >= 0.6 is 0 Å². The summed E-state index contributed by atoms with van der Waals surface area (Å²) < 4.78 is 0. The maximum Gasteiger partial charge on any atom is 0.0713 e. The molecule has 0 aliphatic heterocycles. The summed E-state index contributed by atoms with van der Waals surface area (Å²) >= 11 is 0. The van der Waals surface area contributed by atoms with Gasteiger partial charge in [0.25, 0.3) is 0 Å². The third-order valence-corrected chi connectivity index (χ3v) is 11.4. The predicted molar refractivity (Wildman–Crippen MR) is 217 cm³/mol. The maximum atomic E-state index is 2.31. The maximum absolute atomic E-state index is 2.31. The highest BCUT2D eigenvalue weighted by Gasteiger charge is 2.47. The van der Waals surface area contributed by atoms with Gasteiger partial charge in [0, 0.05) is 0 Å². The zero-order chi connectivity index (χ0) is 35.1. The highest BCUT2D eigenvalue weighted by molar-refractivity contribution is 5.89. The number of rotatable bonds is 4. The number of hydrogen-bond acceptors (Lipinski definition) is 0. The van der Waals surface area contributed by atoms with Crippen molar-refractivity contribution < 1.29 is 0 Å². The van der Waals surface area contributed by atoms with E-state index in [9.17, 15) is 0 Å². The fraction of sp³-hybridized carbons (Fsp3) is 0.0769. The van der Waals surface area contributed by atoms with Gasteiger partial charge in [-0.25, -0.2) is 0 Å². The van der Waals surface area contributed by atoms with Gasteiger partial charge in [0.1, 0.15) is 0 Å². The quantitative estimate of drug-likeness (QED) is 0.176. The van der Waals surface area contributed by atoms with E-state index in [-0.39, 0.29) is 10.8 Å².